The van der Waals surface area contributed by atoms with Crippen molar-refractivity contribution >= 4 is 5.97 Å². The molecule has 0 radical (unpaired) electrons. The van der Waals surface area contributed by atoms with Crippen molar-refractivity contribution in [3.8, 4) is 0 Å². The number of unbranched alkanes of at least 4 members (excludes halogenated alkanes) is 13. The molecule has 126 valence electrons. The Balaban J connectivity index is 3.04. The molecule has 0 aliphatic rings. The van der Waals surface area contributed by atoms with Gasteiger partial charge in [0.1, 0.15) is 0 Å². The molecule has 0 fully saturated rings. The van der Waals surface area contributed by atoms with E-state index in [1.54, 1.807) is 0 Å². The standard InChI is InChI=1S/C18H37NO2/c1-2-3-4-5-6-7-8-9-10-11-12-13-14-15-16-17(19)18(20)21/h17H,2-16,19H2,1H3,(H,20,21)/p-1. The second-order valence-electron chi connectivity index (χ2n) is 6.31. The van der Waals surface area contributed by atoms with Crippen LogP contribution in [0.4, 0.5) is 0 Å². The second-order valence-corrected chi connectivity index (χ2v) is 6.31. The first-order valence-corrected chi connectivity index (χ1v) is 9.15. The summed E-state index contributed by atoms with van der Waals surface area (Å²) in [5, 5.41) is 10.4. The lowest BCUT2D eigenvalue weighted by atomic mass is 10.0. The van der Waals surface area contributed by atoms with Crippen molar-refractivity contribution in [1.82, 2.24) is 0 Å². The van der Waals surface area contributed by atoms with Crippen LogP contribution in [-0.2, 0) is 4.79 Å². The first-order chi connectivity index (χ1) is 10.2. The summed E-state index contributed by atoms with van der Waals surface area (Å²) in [6.45, 7) is 2.26. The molecule has 0 aromatic carbocycles. The lowest BCUT2D eigenvalue weighted by Gasteiger charge is -2.11. The summed E-state index contributed by atoms with van der Waals surface area (Å²) < 4.78 is 0. The van der Waals surface area contributed by atoms with E-state index in [1.165, 1.54) is 77.0 Å². The molecular weight excluding hydrogens is 262 g/mol. The first kappa shape index (κ1) is 20.4. The van der Waals surface area contributed by atoms with Crippen molar-refractivity contribution in [2.75, 3.05) is 0 Å². The summed E-state index contributed by atoms with van der Waals surface area (Å²) in [5.74, 6) is -1.12. The summed E-state index contributed by atoms with van der Waals surface area (Å²) in [6, 6.07) is -0.776. The molecule has 0 amide bonds. The lowest BCUT2D eigenvalue weighted by Crippen LogP contribution is -2.41. The number of hydrogen-bond acceptors (Lipinski definition) is 3. The molecule has 0 spiro atoms. The topological polar surface area (TPSA) is 66.2 Å². The highest BCUT2D eigenvalue weighted by molar-refractivity contribution is 5.70. The number of carboxylic acids is 1. The monoisotopic (exact) mass is 298 g/mol. The molecule has 0 aliphatic heterocycles. The van der Waals surface area contributed by atoms with E-state index in [0.29, 0.717) is 6.42 Å². The Labute approximate surface area is 131 Å². The van der Waals surface area contributed by atoms with Gasteiger partial charge in [0, 0.05) is 6.04 Å². The fraction of sp³-hybridized carbons (Fsp3) is 0.944. The van der Waals surface area contributed by atoms with Gasteiger partial charge in [-0.2, -0.15) is 0 Å². The van der Waals surface area contributed by atoms with E-state index in [4.69, 9.17) is 5.73 Å². The smallest absolute Gasteiger partial charge is 0.0582 e. The fourth-order valence-corrected chi connectivity index (χ4v) is 2.68. The van der Waals surface area contributed by atoms with Gasteiger partial charge >= 0.3 is 0 Å². The van der Waals surface area contributed by atoms with E-state index in [0.717, 1.165) is 12.8 Å². The molecule has 1 atom stereocenters. The van der Waals surface area contributed by atoms with Gasteiger partial charge in [-0.15, -0.1) is 0 Å². The molecule has 21 heavy (non-hydrogen) atoms. The van der Waals surface area contributed by atoms with Gasteiger partial charge in [-0.3, -0.25) is 0 Å². The summed E-state index contributed by atoms with van der Waals surface area (Å²) in [5.41, 5.74) is 5.40. The van der Waals surface area contributed by atoms with Gasteiger partial charge in [-0.1, -0.05) is 96.8 Å². The first-order valence-electron chi connectivity index (χ1n) is 9.15. The Morgan fingerprint density at radius 1 is 0.762 bits per heavy atom. The zero-order chi connectivity index (χ0) is 15.8. The van der Waals surface area contributed by atoms with Crippen LogP contribution in [0, 0.1) is 0 Å². The molecule has 0 rings (SSSR count). The SMILES string of the molecule is CCCCCCCCCCCCCCCCC(N)C(=O)[O-]. The van der Waals surface area contributed by atoms with Gasteiger partial charge in [-0.25, -0.2) is 0 Å². The molecular formula is C18H36NO2-. The largest absolute Gasteiger partial charge is 0.548 e. The number of carboxylic acid groups (broad SMARTS) is 1. The van der Waals surface area contributed by atoms with Crippen molar-refractivity contribution in [2.24, 2.45) is 5.73 Å². The molecule has 0 saturated carbocycles. The maximum Gasteiger partial charge on any atom is 0.0582 e. The zero-order valence-corrected chi connectivity index (χ0v) is 14.1. The van der Waals surface area contributed by atoms with Gasteiger partial charge in [0.25, 0.3) is 0 Å². The van der Waals surface area contributed by atoms with Crippen molar-refractivity contribution in [3.63, 3.8) is 0 Å². The molecule has 0 aromatic rings. The molecule has 3 nitrogen and oxygen atoms in total. The maximum atomic E-state index is 10.4. The van der Waals surface area contributed by atoms with Crippen molar-refractivity contribution < 1.29 is 9.90 Å². The van der Waals surface area contributed by atoms with Crippen LogP contribution in [0.3, 0.4) is 0 Å². The summed E-state index contributed by atoms with van der Waals surface area (Å²) >= 11 is 0. The molecule has 0 aliphatic carbocycles. The summed E-state index contributed by atoms with van der Waals surface area (Å²) in [4.78, 5) is 10.4. The number of aliphatic carboxylic acids is 1. The van der Waals surface area contributed by atoms with Crippen LogP contribution in [0.2, 0.25) is 0 Å². The average Bonchev–Trinajstić information content (AvgIpc) is 2.47. The predicted molar refractivity (Wildman–Crippen MR) is 87.9 cm³/mol. The molecule has 0 aromatic heterocycles. The molecule has 0 heterocycles. The van der Waals surface area contributed by atoms with Gasteiger partial charge < -0.3 is 15.6 Å². The summed E-state index contributed by atoms with van der Waals surface area (Å²) in [7, 11) is 0. The Bertz CT molecular complexity index is 231. The minimum atomic E-state index is -1.12. The normalized spacial score (nSPS) is 12.5. The zero-order valence-electron chi connectivity index (χ0n) is 14.1. The van der Waals surface area contributed by atoms with Crippen LogP contribution >= 0.6 is 0 Å². The molecule has 0 saturated heterocycles. The third kappa shape index (κ3) is 15.6. The average molecular weight is 298 g/mol. The second kappa shape index (κ2) is 15.8. The quantitative estimate of drug-likeness (QED) is 0.439. The minimum Gasteiger partial charge on any atom is -0.548 e. The van der Waals surface area contributed by atoms with Crippen LogP contribution in [0.15, 0.2) is 0 Å². The van der Waals surface area contributed by atoms with Gasteiger partial charge in [0.2, 0.25) is 0 Å². The van der Waals surface area contributed by atoms with Crippen molar-refractivity contribution in [1.29, 1.82) is 0 Å². The number of carbonyl (C=O) groups excluding carboxylic acids is 1. The van der Waals surface area contributed by atoms with Crippen LogP contribution < -0.4 is 10.8 Å². The van der Waals surface area contributed by atoms with E-state index in [9.17, 15) is 9.90 Å². The highest BCUT2D eigenvalue weighted by Crippen LogP contribution is 2.13. The third-order valence-corrected chi connectivity index (χ3v) is 4.17. The van der Waals surface area contributed by atoms with Gasteiger partial charge in [0.05, 0.1) is 5.97 Å². The summed E-state index contributed by atoms with van der Waals surface area (Å²) in [6.07, 6.45) is 18.9. The Hall–Kier alpha value is -0.570. The third-order valence-electron chi connectivity index (χ3n) is 4.17. The number of rotatable bonds is 16. The molecule has 0 bridgehead atoms. The van der Waals surface area contributed by atoms with E-state index in [2.05, 4.69) is 6.92 Å². The van der Waals surface area contributed by atoms with Gasteiger partial charge in [-0.05, 0) is 6.42 Å². The number of nitrogens with two attached hydrogens (primary N) is 1. The fourth-order valence-electron chi connectivity index (χ4n) is 2.68. The lowest BCUT2D eigenvalue weighted by molar-refractivity contribution is -0.307. The maximum absolute atomic E-state index is 10.4. The minimum absolute atomic E-state index is 0.556. The number of hydrogen-bond donors (Lipinski definition) is 1. The van der Waals surface area contributed by atoms with E-state index in [-0.39, 0.29) is 0 Å². The highest BCUT2D eigenvalue weighted by Gasteiger charge is 2.01. The number of carbonyl (C=O) groups is 1. The van der Waals surface area contributed by atoms with Crippen LogP contribution in [0.5, 0.6) is 0 Å². The van der Waals surface area contributed by atoms with Crippen LogP contribution in [0.1, 0.15) is 103 Å². The molecule has 1 unspecified atom stereocenters. The van der Waals surface area contributed by atoms with Gasteiger partial charge in [0.15, 0.2) is 0 Å². The van der Waals surface area contributed by atoms with E-state index < -0.39 is 12.0 Å². The van der Waals surface area contributed by atoms with Crippen molar-refractivity contribution in [2.45, 2.75) is 109 Å². The van der Waals surface area contributed by atoms with Crippen LogP contribution in [-0.4, -0.2) is 12.0 Å². The predicted octanol–water partition coefficient (Wildman–Crippen LogP) is 3.94. The van der Waals surface area contributed by atoms with Crippen LogP contribution in [0.25, 0.3) is 0 Å². The van der Waals surface area contributed by atoms with Crippen molar-refractivity contribution in [3.05, 3.63) is 0 Å². The van der Waals surface area contributed by atoms with E-state index >= 15 is 0 Å². The molecule has 2 N–H and O–H groups in total. The van der Waals surface area contributed by atoms with E-state index in [1.807, 2.05) is 0 Å². The highest BCUT2D eigenvalue weighted by atomic mass is 16.4. The Kier molecular flexibility index (Phi) is 15.4. The Morgan fingerprint density at radius 2 is 1.10 bits per heavy atom. The Morgan fingerprint density at radius 3 is 1.43 bits per heavy atom. The molecule has 3 heteroatoms.